The summed E-state index contributed by atoms with van der Waals surface area (Å²) in [6.07, 6.45) is 7.46. The van der Waals surface area contributed by atoms with E-state index in [9.17, 15) is 0 Å². The van der Waals surface area contributed by atoms with E-state index in [-0.39, 0.29) is 0 Å². The van der Waals surface area contributed by atoms with Crippen molar-refractivity contribution in [2.24, 2.45) is 0 Å². The van der Waals surface area contributed by atoms with Gasteiger partial charge in [0, 0.05) is 12.4 Å². The molecule has 0 atom stereocenters. The highest BCUT2D eigenvalue weighted by atomic mass is 15.1. The molecule has 1 aromatic heterocycles. The summed E-state index contributed by atoms with van der Waals surface area (Å²) in [5.41, 5.74) is 0. The van der Waals surface area contributed by atoms with Gasteiger partial charge in [-0.1, -0.05) is 12.2 Å². The number of H-pyrrole nitrogens is 1. The van der Waals surface area contributed by atoms with E-state index in [1.165, 1.54) is 0 Å². The summed E-state index contributed by atoms with van der Waals surface area (Å²) in [7, 11) is 0. The highest BCUT2D eigenvalue weighted by Gasteiger charge is 1.56. The van der Waals surface area contributed by atoms with Gasteiger partial charge in [-0.3, -0.25) is 5.10 Å². The zero-order valence-corrected chi connectivity index (χ0v) is 5.83. The van der Waals surface area contributed by atoms with Crippen molar-refractivity contribution in [3.8, 4) is 0 Å². The Bertz CT molecular complexity index is 109. The number of nitrogens with zero attached hydrogens (tertiary/aromatic N) is 1. The molecule has 2 heteroatoms. The van der Waals surface area contributed by atoms with Crippen molar-refractivity contribution in [3.63, 3.8) is 0 Å². The Morgan fingerprint density at radius 1 is 1.33 bits per heavy atom. The van der Waals surface area contributed by atoms with Gasteiger partial charge in [-0.15, -0.1) is 0 Å². The molecule has 0 aromatic carbocycles. The maximum absolute atomic E-state index is 3.60. The number of allylic oxidation sites excluding steroid dienone is 2. The number of aromatic nitrogens is 2. The lowest BCUT2D eigenvalue weighted by atomic mass is 10.6. The predicted molar refractivity (Wildman–Crippen MR) is 39.1 cm³/mol. The van der Waals surface area contributed by atoms with Gasteiger partial charge in [0.15, 0.2) is 0 Å². The van der Waals surface area contributed by atoms with Gasteiger partial charge in [0.1, 0.15) is 0 Å². The normalized spacial score (nSPS) is 8.67. The Morgan fingerprint density at radius 3 is 2.11 bits per heavy atom. The Hall–Kier alpha value is -1.05. The molecule has 0 spiro atoms. The quantitative estimate of drug-likeness (QED) is 0.526. The average molecular weight is 124 g/mol. The van der Waals surface area contributed by atoms with Crippen LogP contribution in [0.5, 0.6) is 0 Å². The van der Waals surface area contributed by atoms with Crippen LogP contribution in [0.15, 0.2) is 30.6 Å². The van der Waals surface area contributed by atoms with E-state index in [4.69, 9.17) is 0 Å². The summed E-state index contributed by atoms with van der Waals surface area (Å²) >= 11 is 0. The average Bonchev–Trinajstić information content (AvgIpc) is 2.43. The zero-order chi connectivity index (χ0) is 6.95. The highest BCUT2D eigenvalue weighted by molar-refractivity contribution is 4.72. The van der Waals surface area contributed by atoms with Gasteiger partial charge in [0.25, 0.3) is 0 Å². The SMILES string of the molecule is C/C=C/C.c1cn[nH]c1. The first kappa shape index (κ1) is 7.95. The van der Waals surface area contributed by atoms with Crippen molar-refractivity contribution < 1.29 is 0 Å². The van der Waals surface area contributed by atoms with Crippen molar-refractivity contribution >= 4 is 0 Å². The van der Waals surface area contributed by atoms with Gasteiger partial charge < -0.3 is 0 Å². The molecular formula is C7H12N2. The first-order valence-electron chi connectivity index (χ1n) is 2.93. The molecular weight excluding hydrogens is 112 g/mol. The minimum absolute atomic E-state index is 1.69. The predicted octanol–water partition coefficient (Wildman–Crippen LogP) is 1.99. The van der Waals surface area contributed by atoms with E-state index >= 15 is 0 Å². The Balaban J connectivity index is 0.000000148. The van der Waals surface area contributed by atoms with Crippen LogP contribution in [0.1, 0.15) is 13.8 Å². The summed E-state index contributed by atoms with van der Waals surface area (Å²) in [4.78, 5) is 0. The molecule has 0 radical (unpaired) electrons. The van der Waals surface area contributed by atoms with E-state index in [1.807, 2.05) is 32.1 Å². The van der Waals surface area contributed by atoms with Crippen molar-refractivity contribution in [2.45, 2.75) is 13.8 Å². The molecule has 0 aliphatic heterocycles. The number of nitrogens with one attached hydrogen (secondary N) is 1. The Kier molecular flexibility index (Phi) is 6.14. The van der Waals surface area contributed by atoms with E-state index in [0.29, 0.717) is 0 Å². The Labute approximate surface area is 55.6 Å². The first-order chi connectivity index (χ1) is 4.41. The molecule has 2 nitrogen and oxygen atoms in total. The topological polar surface area (TPSA) is 28.7 Å². The zero-order valence-electron chi connectivity index (χ0n) is 5.83. The van der Waals surface area contributed by atoms with Crippen LogP contribution in [0.3, 0.4) is 0 Å². The van der Waals surface area contributed by atoms with Gasteiger partial charge >= 0.3 is 0 Å². The van der Waals surface area contributed by atoms with Crippen LogP contribution in [-0.2, 0) is 0 Å². The molecule has 1 heterocycles. The van der Waals surface area contributed by atoms with Crippen LogP contribution in [0, 0.1) is 0 Å². The van der Waals surface area contributed by atoms with Gasteiger partial charge in [-0.25, -0.2) is 0 Å². The molecule has 0 amide bonds. The molecule has 1 N–H and O–H groups in total. The van der Waals surface area contributed by atoms with Crippen molar-refractivity contribution in [3.05, 3.63) is 30.6 Å². The van der Waals surface area contributed by atoms with E-state index in [2.05, 4.69) is 10.2 Å². The largest absolute Gasteiger partial charge is 0.286 e. The first-order valence-corrected chi connectivity index (χ1v) is 2.93. The van der Waals surface area contributed by atoms with Gasteiger partial charge in [0.05, 0.1) is 0 Å². The Morgan fingerprint density at radius 2 is 2.00 bits per heavy atom. The third-order valence-corrected chi connectivity index (χ3v) is 0.739. The molecule has 1 rings (SSSR count). The second kappa shape index (κ2) is 6.95. The fraction of sp³-hybridized carbons (Fsp3) is 0.286. The summed E-state index contributed by atoms with van der Waals surface area (Å²) in [6, 6.07) is 1.83. The number of rotatable bonds is 0. The van der Waals surface area contributed by atoms with Crippen LogP contribution in [0.2, 0.25) is 0 Å². The van der Waals surface area contributed by atoms with E-state index in [1.54, 1.807) is 12.4 Å². The van der Waals surface area contributed by atoms with Crippen molar-refractivity contribution in [1.29, 1.82) is 0 Å². The third kappa shape index (κ3) is 6.95. The molecule has 0 saturated carbocycles. The second-order valence-corrected chi connectivity index (χ2v) is 1.43. The van der Waals surface area contributed by atoms with Gasteiger partial charge in [0.2, 0.25) is 0 Å². The van der Waals surface area contributed by atoms with E-state index < -0.39 is 0 Å². The maximum atomic E-state index is 3.60. The van der Waals surface area contributed by atoms with Crippen LogP contribution in [0.25, 0.3) is 0 Å². The lowest BCUT2D eigenvalue weighted by molar-refractivity contribution is 1.09. The molecule has 9 heavy (non-hydrogen) atoms. The van der Waals surface area contributed by atoms with Gasteiger partial charge in [-0.2, -0.15) is 5.10 Å². The second-order valence-electron chi connectivity index (χ2n) is 1.43. The molecule has 50 valence electrons. The number of aromatic amines is 1. The molecule has 0 saturated heterocycles. The minimum Gasteiger partial charge on any atom is -0.286 e. The standard InChI is InChI=1S/C4H8.C3H4N2/c1-3-4-2;1-2-4-5-3-1/h3-4H,1-2H3;1-3H,(H,4,5)/b4-3+;. The molecule has 0 fully saturated rings. The number of hydrogen-bond acceptors (Lipinski definition) is 1. The lowest BCUT2D eigenvalue weighted by Crippen LogP contribution is -1.53. The molecule has 0 unspecified atom stereocenters. The fourth-order valence-electron chi connectivity index (χ4n) is 0.215. The van der Waals surface area contributed by atoms with Crippen molar-refractivity contribution in [1.82, 2.24) is 10.2 Å². The minimum atomic E-state index is 1.69. The number of hydrogen-bond donors (Lipinski definition) is 1. The summed E-state index contributed by atoms with van der Waals surface area (Å²) < 4.78 is 0. The maximum Gasteiger partial charge on any atom is 0.0487 e. The lowest BCUT2D eigenvalue weighted by Gasteiger charge is -1.49. The molecule has 1 aromatic rings. The van der Waals surface area contributed by atoms with Crippen LogP contribution >= 0.6 is 0 Å². The highest BCUT2D eigenvalue weighted by Crippen LogP contribution is 1.64. The van der Waals surface area contributed by atoms with Crippen LogP contribution in [-0.4, -0.2) is 10.2 Å². The summed E-state index contributed by atoms with van der Waals surface area (Å²) in [5, 5.41) is 6.21. The van der Waals surface area contributed by atoms with E-state index in [0.717, 1.165) is 0 Å². The summed E-state index contributed by atoms with van der Waals surface area (Å²) in [6.45, 7) is 4.00. The summed E-state index contributed by atoms with van der Waals surface area (Å²) in [5.74, 6) is 0. The molecule has 0 bridgehead atoms. The fourth-order valence-corrected chi connectivity index (χ4v) is 0.215. The molecule has 0 aliphatic carbocycles. The van der Waals surface area contributed by atoms with Crippen LogP contribution < -0.4 is 0 Å². The monoisotopic (exact) mass is 124 g/mol. The van der Waals surface area contributed by atoms with Crippen molar-refractivity contribution in [2.75, 3.05) is 0 Å². The smallest absolute Gasteiger partial charge is 0.0487 e. The van der Waals surface area contributed by atoms with Gasteiger partial charge in [-0.05, 0) is 19.9 Å². The third-order valence-electron chi connectivity index (χ3n) is 0.739. The van der Waals surface area contributed by atoms with Crippen LogP contribution in [0.4, 0.5) is 0 Å². The molecule has 0 aliphatic rings.